The number of rotatable bonds is 6. The lowest BCUT2D eigenvalue weighted by atomic mass is 10.2. The van der Waals surface area contributed by atoms with Gasteiger partial charge >= 0.3 is 5.97 Å². The van der Waals surface area contributed by atoms with Crippen LogP contribution >= 0.6 is 11.8 Å². The lowest BCUT2D eigenvalue weighted by Gasteiger charge is -2.09. The van der Waals surface area contributed by atoms with E-state index in [-0.39, 0.29) is 11.5 Å². The molecule has 0 saturated heterocycles. The largest absolute Gasteiger partial charge is 0.462 e. The molecule has 2 aromatic carbocycles. The predicted molar refractivity (Wildman–Crippen MR) is 91.4 cm³/mol. The van der Waals surface area contributed by atoms with Crippen molar-refractivity contribution in [2.45, 2.75) is 16.7 Å². The van der Waals surface area contributed by atoms with Crippen LogP contribution in [0.3, 0.4) is 0 Å². The zero-order valence-electron chi connectivity index (χ0n) is 12.8. The number of anilines is 1. The first-order valence-electron chi connectivity index (χ1n) is 6.90. The van der Waals surface area contributed by atoms with Crippen LogP contribution in [0.4, 0.5) is 5.69 Å². The summed E-state index contributed by atoms with van der Waals surface area (Å²) in [5, 5.41) is 0. The van der Waals surface area contributed by atoms with Crippen molar-refractivity contribution in [1.82, 2.24) is 0 Å². The summed E-state index contributed by atoms with van der Waals surface area (Å²) >= 11 is 1.58. The van der Waals surface area contributed by atoms with Gasteiger partial charge in [0.05, 0.1) is 17.1 Å². The molecule has 5 nitrogen and oxygen atoms in total. The van der Waals surface area contributed by atoms with Gasteiger partial charge in [-0.05, 0) is 61.7 Å². The Labute approximate surface area is 140 Å². The number of carbonyl (C=O) groups is 1. The van der Waals surface area contributed by atoms with Crippen LogP contribution in [0, 0.1) is 0 Å². The number of sulfonamides is 1. The molecule has 0 heterocycles. The highest BCUT2D eigenvalue weighted by Crippen LogP contribution is 2.20. The van der Waals surface area contributed by atoms with Crippen molar-refractivity contribution in [3.63, 3.8) is 0 Å². The number of carbonyl (C=O) groups excluding carboxylic acids is 1. The Hall–Kier alpha value is -1.99. The summed E-state index contributed by atoms with van der Waals surface area (Å²) in [5.41, 5.74) is 0.799. The van der Waals surface area contributed by atoms with Crippen LogP contribution in [0.5, 0.6) is 0 Å². The summed E-state index contributed by atoms with van der Waals surface area (Å²) in [6, 6.07) is 12.7. The maximum Gasteiger partial charge on any atom is 0.338 e. The fourth-order valence-corrected chi connectivity index (χ4v) is 3.32. The van der Waals surface area contributed by atoms with Gasteiger partial charge in [0.2, 0.25) is 0 Å². The van der Waals surface area contributed by atoms with Gasteiger partial charge in [0.15, 0.2) is 0 Å². The number of nitrogens with one attached hydrogen (secondary N) is 1. The van der Waals surface area contributed by atoms with E-state index in [4.69, 9.17) is 4.74 Å². The molecule has 0 aliphatic heterocycles. The number of hydrogen-bond donors (Lipinski definition) is 1. The zero-order valence-corrected chi connectivity index (χ0v) is 14.4. The van der Waals surface area contributed by atoms with Crippen LogP contribution in [0.25, 0.3) is 0 Å². The normalized spacial score (nSPS) is 11.0. The molecular weight excluding hydrogens is 334 g/mol. The molecule has 0 amide bonds. The van der Waals surface area contributed by atoms with E-state index in [1.54, 1.807) is 30.8 Å². The number of ether oxygens (including phenoxy) is 1. The average molecular weight is 351 g/mol. The highest BCUT2D eigenvalue weighted by atomic mass is 32.2. The minimum atomic E-state index is -3.70. The summed E-state index contributed by atoms with van der Waals surface area (Å²) in [6.07, 6.45) is 1.95. The smallest absolute Gasteiger partial charge is 0.338 e. The van der Waals surface area contributed by atoms with Gasteiger partial charge in [-0.15, -0.1) is 11.8 Å². The number of thioether (sulfide) groups is 1. The third-order valence-corrected chi connectivity index (χ3v) is 5.16. The van der Waals surface area contributed by atoms with E-state index in [0.29, 0.717) is 11.3 Å². The Morgan fingerprint density at radius 3 is 2.22 bits per heavy atom. The molecule has 122 valence electrons. The fourth-order valence-electron chi connectivity index (χ4n) is 1.86. The molecule has 0 bridgehead atoms. The zero-order chi connectivity index (χ0) is 16.9. The Balaban J connectivity index is 2.16. The maximum atomic E-state index is 12.3. The van der Waals surface area contributed by atoms with Gasteiger partial charge in [-0.3, -0.25) is 4.72 Å². The van der Waals surface area contributed by atoms with E-state index >= 15 is 0 Å². The minimum Gasteiger partial charge on any atom is -0.462 e. The summed E-state index contributed by atoms with van der Waals surface area (Å²) in [4.78, 5) is 12.7. The number of esters is 1. The lowest BCUT2D eigenvalue weighted by Crippen LogP contribution is -2.13. The van der Waals surface area contributed by atoms with Crippen LogP contribution in [-0.2, 0) is 14.8 Å². The molecule has 0 spiro atoms. The molecule has 0 atom stereocenters. The summed E-state index contributed by atoms with van der Waals surface area (Å²) in [6.45, 7) is 1.98. The quantitative estimate of drug-likeness (QED) is 0.638. The molecule has 23 heavy (non-hydrogen) atoms. The molecule has 0 saturated carbocycles. The first-order chi connectivity index (χ1) is 11.0. The predicted octanol–water partition coefficient (Wildman–Crippen LogP) is 3.39. The molecular formula is C16H17NO4S2. The van der Waals surface area contributed by atoms with E-state index in [9.17, 15) is 13.2 Å². The van der Waals surface area contributed by atoms with Gasteiger partial charge in [-0.2, -0.15) is 0 Å². The molecule has 0 radical (unpaired) electrons. The third kappa shape index (κ3) is 4.49. The molecule has 7 heteroatoms. The Morgan fingerprint density at radius 2 is 1.70 bits per heavy atom. The second-order valence-corrected chi connectivity index (χ2v) is 7.14. The molecule has 2 aromatic rings. The van der Waals surface area contributed by atoms with Gasteiger partial charge in [0.1, 0.15) is 0 Å². The van der Waals surface area contributed by atoms with Gasteiger partial charge in [-0.1, -0.05) is 0 Å². The number of hydrogen-bond acceptors (Lipinski definition) is 5. The highest BCUT2D eigenvalue weighted by Gasteiger charge is 2.15. The van der Waals surface area contributed by atoms with Crippen molar-refractivity contribution < 1.29 is 17.9 Å². The summed E-state index contributed by atoms with van der Waals surface area (Å²) in [7, 11) is -3.70. The van der Waals surface area contributed by atoms with Crippen molar-refractivity contribution in [3.05, 3.63) is 54.1 Å². The van der Waals surface area contributed by atoms with Crippen molar-refractivity contribution in [1.29, 1.82) is 0 Å². The van der Waals surface area contributed by atoms with Crippen molar-refractivity contribution in [2.24, 2.45) is 0 Å². The van der Waals surface area contributed by atoms with Crippen molar-refractivity contribution in [3.8, 4) is 0 Å². The minimum absolute atomic E-state index is 0.0829. The molecule has 0 fully saturated rings. The van der Waals surface area contributed by atoms with Crippen LogP contribution in [0.2, 0.25) is 0 Å². The molecule has 0 aliphatic rings. The van der Waals surface area contributed by atoms with Crippen molar-refractivity contribution >= 4 is 33.4 Å². The van der Waals surface area contributed by atoms with Crippen LogP contribution < -0.4 is 4.72 Å². The van der Waals surface area contributed by atoms with Crippen LogP contribution in [0.1, 0.15) is 17.3 Å². The van der Waals surface area contributed by atoms with Gasteiger partial charge < -0.3 is 4.74 Å². The highest BCUT2D eigenvalue weighted by molar-refractivity contribution is 7.98. The Kier molecular flexibility index (Phi) is 5.68. The van der Waals surface area contributed by atoms with Crippen LogP contribution in [-0.4, -0.2) is 27.2 Å². The molecule has 0 unspecified atom stereocenters. The Morgan fingerprint density at radius 1 is 1.09 bits per heavy atom. The fraction of sp³-hybridized carbons (Fsp3) is 0.188. The standard InChI is InChI=1S/C16H17NO4S2/c1-3-21-16(18)12-4-10-15(11-5-12)23(19,20)17-13-6-8-14(22-2)9-7-13/h4-11,17H,3H2,1-2H3. The monoisotopic (exact) mass is 351 g/mol. The second kappa shape index (κ2) is 7.52. The first-order valence-corrected chi connectivity index (χ1v) is 9.61. The van der Waals surface area contributed by atoms with E-state index in [1.165, 1.54) is 24.3 Å². The molecule has 0 aromatic heterocycles. The lowest BCUT2D eigenvalue weighted by molar-refractivity contribution is 0.0526. The molecule has 1 N–H and O–H groups in total. The Bertz CT molecular complexity index is 769. The van der Waals surface area contributed by atoms with Gasteiger partial charge in [-0.25, -0.2) is 13.2 Å². The average Bonchev–Trinajstić information content (AvgIpc) is 2.55. The van der Waals surface area contributed by atoms with Gasteiger partial charge in [0.25, 0.3) is 10.0 Å². The second-order valence-electron chi connectivity index (χ2n) is 4.58. The van der Waals surface area contributed by atoms with Crippen molar-refractivity contribution in [2.75, 3.05) is 17.6 Å². The van der Waals surface area contributed by atoms with Crippen LogP contribution in [0.15, 0.2) is 58.3 Å². The van der Waals surface area contributed by atoms with E-state index in [1.807, 2.05) is 18.4 Å². The van der Waals surface area contributed by atoms with Gasteiger partial charge in [0, 0.05) is 10.6 Å². The topological polar surface area (TPSA) is 72.5 Å². The number of benzene rings is 2. The first kappa shape index (κ1) is 17.4. The molecule has 2 rings (SSSR count). The summed E-state index contributed by atoms with van der Waals surface area (Å²) < 4.78 is 32.0. The van der Waals surface area contributed by atoms with E-state index < -0.39 is 16.0 Å². The molecule has 0 aliphatic carbocycles. The SMILES string of the molecule is CCOC(=O)c1ccc(S(=O)(=O)Nc2ccc(SC)cc2)cc1. The summed E-state index contributed by atoms with van der Waals surface area (Å²) in [5.74, 6) is -0.475. The van der Waals surface area contributed by atoms with E-state index in [2.05, 4.69) is 4.72 Å². The van der Waals surface area contributed by atoms with E-state index in [0.717, 1.165) is 4.90 Å². The maximum absolute atomic E-state index is 12.3. The third-order valence-electron chi connectivity index (χ3n) is 3.02.